The van der Waals surface area contributed by atoms with Crippen molar-refractivity contribution in [3.8, 4) is 0 Å². The van der Waals surface area contributed by atoms with Crippen molar-refractivity contribution in [2.75, 3.05) is 19.8 Å². The Kier molecular flexibility index (Phi) is 13.0. The number of carbonyl (C=O) groups excluding carboxylic acids is 3. The molecule has 0 unspecified atom stereocenters. The number of carbonyl (C=O) groups is 3. The molecule has 0 heterocycles. The third-order valence-electron chi connectivity index (χ3n) is 7.66. The van der Waals surface area contributed by atoms with Crippen LogP contribution in [0.4, 0.5) is 0 Å². The molecule has 226 valence electrons. The van der Waals surface area contributed by atoms with Crippen LogP contribution in [-0.4, -0.2) is 79.6 Å². The Balaban J connectivity index is 1.42. The predicted molar refractivity (Wildman–Crippen MR) is 147 cm³/mol. The number of hydrogen-bond donors (Lipinski definition) is 2. The fourth-order valence-electron chi connectivity index (χ4n) is 5.80. The highest BCUT2D eigenvalue weighted by Crippen LogP contribution is 2.25. The van der Waals surface area contributed by atoms with Crippen molar-refractivity contribution < 1.29 is 33.3 Å². The molecule has 3 fully saturated rings. The summed E-state index contributed by atoms with van der Waals surface area (Å²) in [6.07, 6.45) is 9.71. The summed E-state index contributed by atoms with van der Waals surface area (Å²) in [5, 5.41) is 9.87. The first-order valence-electron chi connectivity index (χ1n) is 14.8. The van der Waals surface area contributed by atoms with E-state index in [1.54, 1.807) is 0 Å². The number of azide groups is 1. The van der Waals surface area contributed by atoms with E-state index in [0.29, 0.717) is 0 Å². The van der Waals surface area contributed by atoms with Crippen LogP contribution in [0.15, 0.2) is 5.11 Å². The zero-order chi connectivity index (χ0) is 29.0. The highest BCUT2D eigenvalue weighted by molar-refractivity contribution is 5.78. The zero-order valence-electron chi connectivity index (χ0n) is 24.3. The van der Waals surface area contributed by atoms with Crippen molar-refractivity contribution >= 4 is 17.8 Å². The summed E-state index contributed by atoms with van der Waals surface area (Å²) in [5.41, 5.74) is 8.21. The number of amides is 2. The minimum Gasteiger partial charge on any atom is -0.458 e. The number of nitrogens with zero attached hydrogens (tertiary/aromatic N) is 3. The Morgan fingerprint density at radius 2 is 1.18 bits per heavy atom. The van der Waals surface area contributed by atoms with Crippen molar-refractivity contribution in [3.63, 3.8) is 0 Å². The van der Waals surface area contributed by atoms with Crippen LogP contribution in [0.3, 0.4) is 0 Å². The third kappa shape index (κ3) is 11.2. The van der Waals surface area contributed by atoms with Gasteiger partial charge in [-0.25, -0.2) is 4.79 Å². The molecule has 3 saturated carbocycles. The summed E-state index contributed by atoms with van der Waals surface area (Å²) in [7, 11) is 0. The summed E-state index contributed by atoms with van der Waals surface area (Å²) in [6.45, 7) is 5.07. The fourth-order valence-corrected chi connectivity index (χ4v) is 5.80. The van der Waals surface area contributed by atoms with E-state index >= 15 is 0 Å². The van der Waals surface area contributed by atoms with Crippen molar-refractivity contribution in [1.29, 1.82) is 0 Å². The zero-order valence-corrected chi connectivity index (χ0v) is 24.3. The standard InChI is InChI=1S/C28H47N5O7/c1-28(2,3)40-27(36)18-39-23-14-8-5-11-20(23)31-25(34)16-37-22-13-7-4-10-19(22)30-26(35)17-38-24-15-9-6-12-21(24)32-33-29/h19-24H,4-18H2,1-3H3,(H,30,35)(H,31,34)/t19-,20-,21-,22-,23-,24-/m0/s1. The molecule has 12 nitrogen and oxygen atoms in total. The summed E-state index contributed by atoms with van der Waals surface area (Å²) in [4.78, 5) is 40.4. The van der Waals surface area contributed by atoms with Gasteiger partial charge in [-0.3, -0.25) is 9.59 Å². The Morgan fingerprint density at radius 1 is 0.725 bits per heavy atom. The van der Waals surface area contributed by atoms with E-state index in [1.165, 1.54) is 0 Å². The minimum absolute atomic E-state index is 0.0990. The van der Waals surface area contributed by atoms with Gasteiger partial charge in [0.05, 0.1) is 36.4 Å². The molecule has 0 aromatic rings. The molecule has 6 atom stereocenters. The average molecular weight is 566 g/mol. The monoisotopic (exact) mass is 565 g/mol. The van der Waals surface area contributed by atoms with Crippen molar-refractivity contribution in [2.45, 2.75) is 140 Å². The third-order valence-corrected chi connectivity index (χ3v) is 7.66. The molecule has 2 amide bonds. The van der Waals surface area contributed by atoms with Gasteiger partial charge >= 0.3 is 5.97 Å². The molecular weight excluding hydrogens is 518 g/mol. The van der Waals surface area contributed by atoms with Crippen LogP contribution in [-0.2, 0) is 33.3 Å². The van der Waals surface area contributed by atoms with E-state index in [1.807, 2.05) is 20.8 Å². The van der Waals surface area contributed by atoms with Gasteiger partial charge in [0, 0.05) is 4.91 Å². The first kappa shape index (κ1) is 32.1. The van der Waals surface area contributed by atoms with Gasteiger partial charge in [0.1, 0.15) is 25.4 Å². The molecule has 0 aromatic carbocycles. The van der Waals surface area contributed by atoms with Gasteiger partial charge in [0.25, 0.3) is 0 Å². The lowest BCUT2D eigenvalue weighted by molar-refractivity contribution is -0.163. The van der Waals surface area contributed by atoms with Crippen molar-refractivity contribution in [2.24, 2.45) is 5.11 Å². The maximum Gasteiger partial charge on any atom is 0.332 e. The predicted octanol–water partition coefficient (Wildman–Crippen LogP) is 3.85. The lowest BCUT2D eigenvalue weighted by Gasteiger charge is -2.34. The lowest BCUT2D eigenvalue weighted by Crippen LogP contribution is -2.50. The Bertz CT molecular complexity index is 889. The van der Waals surface area contributed by atoms with Crippen LogP contribution in [0.1, 0.15) is 97.8 Å². The van der Waals surface area contributed by atoms with E-state index < -0.39 is 11.6 Å². The lowest BCUT2D eigenvalue weighted by atomic mass is 9.92. The molecule has 3 rings (SSSR count). The largest absolute Gasteiger partial charge is 0.458 e. The fraction of sp³-hybridized carbons (Fsp3) is 0.893. The molecule has 0 radical (unpaired) electrons. The second-order valence-corrected chi connectivity index (χ2v) is 12.1. The smallest absolute Gasteiger partial charge is 0.332 e. The van der Waals surface area contributed by atoms with Gasteiger partial charge < -0.3 is 29.6 Å². The van der Waals surface area contributed by atoms with E-state index in [2.05, 4.69) is 20.7 Å². The Morgan fingerprint density at radius 3 is 1.70 bits per heavy atom. The first-order valence-corrected chi connectivity index (χ1v) is 14.8. The summed E-state index contributed by atoms with van der Waals surface area (Å²) >= 11 is 0. The summed E-state index contributed by atoms with van der Waals surface area (Å²) in [6, 6.07) is -0.626. The Labute approximate surface area is 237 Å². The van der Waals surface area contributed by atoms with Gasteiger partial charge in [-0.2, -0.15) is 0 Å². The SMILES string of the molecule is CC(C)(C)OC(=O)CO[C@H]1CCCC[C@@H]1NC(=O)CO[C@H]1CCCC[C@@H]1NC(=O)CO[C@H]1CCCC[C@@H]1N=[N+]=[N-]. The van der Waals surface area contributed by atoms with Gasteiger partial charge in [0.2, 0.25) is 11.8 Å². The maximum absolute atomic E-state index is 12.8. The minimum atomic E-state index is -0.576. The highest BCUT2D eigenvalue weighted by atomic mass is 16.6. The number of nitrogens with one attached hydrogen (secondary N) is 2. The van der Waals surface area contributed by atoms with Crippen molar-refractivity contribution in [3.05, 3.63) is 10.4 Å². The number of hydrogen-bond acceptors (Lipinski definition) is 8. The number of esters is 1. The van der Waals surface area contributed by atoms with Crippen LogP contribution >= 0.6 is 0 Å². The second kappa shape index (κ2) is 16.1. The molecule has 0 saturated heterocycles. The van der Waals surface area contributed by atoms with Crippen LogP contribution in [0.25, 0.3) is 10.4 Å². The van der Waals surface area contributed by atoms with Crippen molar-refractivity contribution in [1.82, 2.24) is 10.6 Å². The van der Waals surface area contributed by atoms with Gasteiger partial charge in [0.15, 0.2) is 0 Å². The molecule has 0 bridgehead atoms. The molecule has 3 aliphatic carbocycles. The van der Waals surface area contributed by atoms with E-state index in [4.69, 9.17) is 24.5 Å². The van der Waals surface area contributed by atoms with Gasteiger partial charge in [-0.15, -0.1) is 0 Å². The van der Waals surface area contributed by atoms with Crippen LogP contribution in [0.5, 0.6) is 0 Å². The molecule has 0 spiro atoms. The molecule has 3 aliphatic rings. The van der Waals surface area contributed by atoms with Gasteiger partial charge in [-0.05, 0) is 64.8 Å². The molecule has 0 aromatic heterocycles. The second-order valence-electron chi connectivity index (χ2n) is 12.1. The highest BCUT2D eigenvalue weighted by Gasteiger charge is 2.32. The topological polar surface area (TPSA) is 161 Å². The first-order chi connectivity index (χ1) is 19.1. The molecule has 2 N–H and O–H groups in total. The molecule has 0 aliphatic heterocycles. The number of ether oxygens (including phenoxy) is 4. The number of rotatable bonds is 12. The van der Waals surface area contributed by atoms with Gasteiger partial charge in [-0.1, -0.05) is 43.6 Å². The molecule has 12 heteroatoms. The molecular formula is C28H47N5O7. The summed E-state index contributed by atoms with van der Waals surface area (Å²) in [5.74, 6) is -0.892. The average Bonchev–Trinajstić information content (AvgIpc) is 2.91. The molecule has 40 heavy (non-hydrogen) atoms. The Hall–Kier alpha value is -2.40. The maximum atomic E-state index is 12.8. The van der Waals surface area contributed by atoms with Crippen LogP contribution in [0, 0.1) is 0 Å². The van der Waals surface area contributed by atoms with Crippen LogP contribution < -0.4 is 10.6 Å². The van der Waals surface area contributed by atoms with E-state index in [-0.39, 0.29) is 68.1 Å². The quantitative estimate of drug-likeness (QED) is 0.157. The normalized spacial score (nSPS) is 29.1. The summed E-state index contributed by atoms with van der Waals surface area (Å²) < 4.78 is 23.0. The van der Waals surface area contributed by atoms with Crippen LogP contribution in [0.2, 0.25) is 0 Å². The van der Waals surface area contributed by atoms with E-state index in [0.717, 1.165) is 77.0 Å². The van der Waals surface area contributed by atoms with E-state index in [9.17, 15) is 14.4 Å².